The number of hydrogen-bond acceptors (Lipinski definition) is 7. The molecule has 1 aromatic carbocycles. The molecular formula is C22H22FN7O. The number of hydrogen-bond donors (Lipinski definition) is 2. The van der Waals surface area contributed by atoms with Gasteiger partial charge in [0.2, 0.25) is 5.95 Å². The first kappa shape index (κ1) is 19.3. The monoisotopic (exact) mass is 419 g/mol. The van der Waals surface area contributed by atoms with Crippen LogP contribution < -0.4 is 15.5 Å². The Balaban J connectivity index is 1.48. The van der Waals surface area contributed by atoms with Gasteiger partial charge in [0.15, 0.2) is 0 Å². The third-order valence-corrected chi connectivity index (χ3v) is 5.15. The summed E-state index contributed by atoms with van der Waals surface area (Å²) in [6.07, 6.45) is 5.59. The number of rotatable bonds is 5. The van der Waals surface area contributed by atoms with Crippen molar-refractivity contribution in [1.82, 2.24) is 19.4 Å². The van der Waals surface area contributed by atoms with Crippen molar-refractivity contribution in [3.05, 3.63) is 66.4 Å². The third-order valence-electron chi connectivity index (χ3n) is 5.15. The molecule has 0 spiro atoms. The zero-order valence-corrected chi connectivity index (χ0v) is 17.0. The Labute approximate surface area is 178 Å². The molecule has 31 heavy (non-hydrogen) atoms. The average molecular weight is 419 g/mol. The molecular weight excluding hydrogens is 397 g/mol. The predicted octanol–water partition coefficient (Wildman–Crippen LogP) is 3.90. The number of nitrogens with one attached hydrogen (secondary N) is 2. The molecule has 0 aliphatic carbocycles. The summed E-state index contributed by atoms with van der Waals surface area (Å²) in [6, 6.07) is 10.4. The first-order chi connectivity index (χ1) is 15.1. The van der Waals surface area contributed by atoms with Gasteiger partial charge in [-0.25, -0.2) is 9.37 Å². The fourth-order valence-electron chi connectivity index (χ4n) is 3.53. The summed E-state index contributed by atoms with van der Waals surface area (Å²) in [7, 11) is 0. The Bertz CT molecular complexity index is 1220. The molecule has 1 saturated heterocycles. The van der Waals surface area contributed by atoms with Crippen molar-refractivity contribution in [2.45, 2.75) is 6.92 Å². The molecule has 0 amide bonds. The van der Waals surface area contributed by atoms with Crippen LogP contribution in [0.4, 0.5) is 33.3 Å². The summed E-state index contributed by atoms with van der Waals surface area (Å²) in [4.78, 5) is 15.8. The Hall–Kier alpha value is -3.72. The molecule has 0 radical (unpaired) electrons. The number of imidazole rings is 1. The van der Waals surface area contributed by atoms with Crippen LogP contribution in [0.3, 0.4) is 0 Å². The maximum Gasteiger partial charge on any atom is 0.231 e. The number of aromatic nitrogens is 4. The van der Waals surface area contributed by atoms with Crippen LogP contribution >= 0.6 is 0 Å². The molecule has 8 nitrogen and oxygen atoms in total. The highest BCUT2D eigenvalue weighted by atomic mass is 19.1. The fraction of sp³-hybridized carbons (Fsp3) is 0.227. The van der Waals surface area contributed by atoms with E-state index in [4.69, 9.17) is 9.72 Å². The third kappa shape index (κ3) is 4.26. The van der Waals surface area contributed by atoms with Crippen molar-refractivity contribution in [2.75, 3.05) is 41.8 Å². The lowest BCUT2D eigenvalue weighted by Gasteiger charge is -2.28. The molecule has 9 heteroatoms. The maximum atomic E-state index is 13.5. The van der Waals surface area contributed by atoms with Gasteiger partial charge in [-0.3, -0.25) is 0 Å². The van der Waals surface area contributed by atoms with Crippen LogP contribution in [-0.2, 0) is 4.74 Å². The maximum absolute atomic E-state index is 13.5. The Morgan fingerprint density at radius 2 is 1.87 bits per heavy atom. The highest BCUT2D eigenvalue weighted by molar-refractivity contribution is 5.67. The number of anilines is 5. The molecule has 4 heterocycles. The number of benzene rings is 1. The van der Waals surface area contributed by atoms with Crippen LogP contribution in [0.1, 0.15) is 5.56 Å². The molecule has 1 aliphatic heterocycles. The second-order valence-corrected chi connectivity index (χ2v) is 7.35. The summed E-state index contributed by atoms with van der Waals surface area (Å²) in [5.74, 6) is 1.60. The number of halogens is 1. The molecule has 158 valence electrons. The SMILES string of the molecule is Cc1cc(F)ccc1Nc1nc(Nc2ccn3ccnc3c2)cc(N2CCOCC2)n1. The van der Waals surface area contributed by atoms with E-state index < -0.39 is 0 Å². The minimum Gasteiger partial charge on any atom is -0.378 e. The molecule has 2 N–H and O–H groups in total. The highest BCUT2D eigenvalue weighted by Crippen LogP contribution is 2.26. The van der Waals surface area contributed by atoms with Crippen molar-refractivity contribution < 1.29 is 9.13 Å². The van der Waals surface area contributed by atoms with Crippen LogP contribution in [0.15, 0.2) is 55.0 Å². The smallest absolute Gasteiger partial charge is 0.231 e. The topological polar surface area (TPSA) is 79.6 Å². The van der Waals surface area contributed by atoms with E-state index in [0.29, 0.717) is 25.0 Å². The first-order valence-electron chi connectivity index (χ1n) is 10.1. The van der Waals surface area contributed by atoms with Gasteiger partial charge in [0.25, 0.3) is 0 Å². The van der Waals surface area contributed by atoms with Crippen LogP contribution in [0.5, 0.6) is 0 Å². The zero-order valence-electron chi connectivity index (χ0n) is 17.0. The van der Waals surface area contributed by atoms with Gasteiger partial charge >= 0.3 is 0 Å². The predicted molar refractivity (Wildman–Crippen MR) is 118 cm³/mol. The van der Waals surface area contributed by atoms with E-state index in [1.165, 1.54) is 12.1 Å². The van der Waals surface area contributed by atoms with Gasteiger partial charge in [0.1, 0.15) is 23.1 Å². The van der Waals surface area contributed by atoms with Gasteiger partial charge in [-0.1, -0.05) is 0 Å². The zero-order chi connectivity index (χ0) is 21.2. The summed E-state index contributed by atoms with van der Waals surface area (Å²) < 4.78 is 20.9. The normalized spacial score (nSPS) is 14.1. The Kier molecular flexibility index (Phi) is 5.09. The number of aryl methyl sites for hydroxylation is 1. The van der Waals surface area contributed by atoms with Gasteiger partial charge in [-0.15, -0.1) is 0 Å². The van der Waals surface area contributed by atoms with Gasteiger partial charge < -0.3 is 24.7 Å². The minimum absolute atomic E-state index is 0.275. The van der Waals surface area contributed by atoms with E-state index in [9.17, 15) is 4.39 Å². The van der Waals surface area contributed by atoms with Crippen LogP contribution in [0.25, 0.3) is 5.65 Å². The van der Waals surface area contributed by atoms with E-state index in [0.717, 1.165) is 41.5 Å². The molecule has 4 aromatic rings. The summed E-state index contributed by atoms with van der Waals surface area (Å²) in [5, 5.41) is 6.58. The van der Waals surface area contributed by atoms with Crippen molar-refractivity contribution in [3.63, 3.8) is 0 Å². The number of pyridine rings is 1. The van der Waals surface area contributed by atoms with Gasteiger partial charge in [-0.05, 0) is 36.8 Å². The quantitative estimate of drug-likeness (QED) is 0.508. The molecule has 1 fully saturated rings. The largest absolute Gasteiger partial charge is 0.378 e. The summed E-state index contributed by atoms with van der Waals surface area (Å²) in [6.45, 7) is 4.67. The molecule has 0 atom stereocenters. The van der Waals surface area contributed by atoms with E-state index >= 15 is 0 Å². The molecule has 0 bridgehead atoms. The minimum atomic E-state index is -0.275. The standard InChI is InChI=1S/C22H22FN7O/c1-15-12-16(23)2-3-18(15)26-22-27-19(14-21(28-22)30-8-10-31-11-9-30)25-17-4-6-29-7-5-24-20(29)13-17/h2-7,12-14H,8-11H2,1H3,(H2,25,26,27,28). The van der Waals surface area contributed by atoms with Crippen LogP contribution in [0, 0.1) is 12.7 Å². The molecule has 1 aliphatic rings. The van der Waals surface area contributed by atoms with Crippen molar-refractivity contribution >= 4 is 34.6 Å². The highest BCUT2D eigenvalue weighted by Gasteiger charge is 2.16. The fourth-order valence-corrected chi connectivity index (χ4v) is 3.53. The van der Waals surface area contributed by atoms with E-state index in [1.807, 2.05) is 41.9 Å². The lowest BCUT2D eigenvalue weighted by atomic mass is 10.2. The van der Waals surface area contributed by atoms with Gasteiger partial charge in [0, 0.05) is 55.2 Å². The van der Waals surface area contributed by atoms with Crippen molar-refractivity contribution in [2.24, 2.45) is 0 Å². The van der Waals surface area contributed by atoms with E-state index in [2.05, 4.69) is 25.5 Å². The lowest BCUT2D eigenvalue weighted by molar-refractivity contribution is 0.122. The van der Waals surface area contributed by atoms with Crippen LogP contribution in [-0.4, -0.2) is 45.7 Å². The summed E-state index contributed by atoms with van der Waals surface area (Å²) in [5.41, 5.74) is 3.24. The first-order valence-corrected chi connectivity index (χ1v) is 10.1. The van der Waals surface area contributed by atoms with Crippen molar-refractivity contribution in [1.29, 1.82) is 0 Å². The molecule has 0 saturated carbocycles. The molecule has 5 rings (SSSR count). The van der Waals surface area contributed by atoms with E-state index in [-0.39, 0.29) is 5.82 Å². The number of morpholine rings is 1. The molecule has 0 unspecified atom stereocenters. The Morgan fingerprint density at radius 1 is 1.00 bits per heavy atom. The second-order valence-electron chi connectivity index (χ2n) is 7.35. The van der Waals surface area contributed by atoms with Gasteiger partial charge in [-0.2, -0.15) is 9.97 Å². The van der Waals surface area contributed by atoms with Crippen molar-refractivity contribution in [3.8, 4) is 0 Å². The molecule has 3 aromatic heterocycles. The second kappa shape index (κ2) is 8.19. The number of nitrogens with zero attached hydrogens (tertiary/aromatic N) is 5. The Morgan fingerprint density at radius 3 is 2.71 bits per heavy atom. The number of ether oxygens (including phenoxy) is 1. The van der Waals surface area contributed by atoms with E-state index in [1.54, 1.807) is 12.3 Å². The average Bonchev–Trinajstić information content (AvgIpc) is 3.24. The van der Waals surface area contributed by atoms with Gasteiger partial charge in [0.05, 0.1) is 13.2 Å². The summed E-state index contributed by atoms with van der Waals surface area (Å²) >= 11 is 0. The number of fused-ring (bicyclic) bond motifs is 1. The van der Waals surface area contributed by atoms with Crippen LogP contribution in [0.2, 0.25) is 0 Å². The lowest BCUT2D eigenvalue weighted by Crippen LogP contribution is -2.36.